The maximum absolute atomic E-state index is 11.7. The fourth-order valence-electron chi connectivity index (χ4n) is 4.88. The van der Waals surface area contributed by atoms with Gasteiger partial charge in [0.05, 0.1) is 40.5 Å². The summed E-state index contributed by atoms with van der Waals surface area (Å²) < 4.78 is 26.4. The topological polar surface area (TPSA) is 159 Å². The average Bonchev–Trinajstić information content (AvgIpc) is 3.60. The van der Waals surface area contributed by atoms with Gasteiger partial charge in [-0.2, -0.15) is 34.4 Å². The largest absolute Gasteiger partial charge is 0.368 e. The van der Waals surface area contributed by atoms with Crippen LogP contribution in [0.15, 0.2) is 18.3 Å². The molecule has 13 nitrogen and oxygen atoms in total. The molecule has 3 aliphatic rings. The van der Waals surface area contributed by atoms with E-state index in [2.05, 4.69) is 47.6 Å². The molecule has 2 aliphatic heterocycles. The van der Waals surface area contributed by atoms with Crippen LogP contribution in [0.2, 0.25) is 5.02 Å². The van der Waals surface area contributed by atoms with Crippen molar-refractivity contribution in [2.75, 3.05) is 61.1 Å². The molecule has 0 spiro atoms. The minimum atomic E-state index is -3.15. The van der Waals surface area contributed by atoms with Gasteiger partial charge in [-0.3, -0.25) is 4.90 Å². The predicted octanol–water partition coefficient (Wildman–Crippen LogP) is 1.60. The summed E-state index contributed by atoms with van der Waals surface area (Å²) in [4.78, 5) is 13.5. The molecule has 0 bridgehead atoms. The Morgan fingerprint density at radius 1 is 1.08 bits per heavy atom. The summed E-state index contributed by atoms with van der Waals surface area (Å²) in [5.41, 5.74) is 2.33. The molecule has 3 aromatic rings. The number of nitrogens with one attached hydrogen (secondary N) is 2. The highest BCUT2D eigenvalue weighted by Gasteiger charge is 2.38. The van der Waals surface area contributed by atoms with Gasteiger partial charge in [-0.25, -0.2) is 8.42 Å². The number of rotatable bonds is 7. The quantitative estimate of drug-likeness (QED) is 0.427. The smallest absolute Gasteiger partial charge is 0.232 e. The van der Waals surface area contributed by atoms with E-state index in [9.17, 15) is 18.9 Å². The van der Waals surface area contributed by atoms with Crippen LogP contribution in [0.3, 0.4) is 0 Å². The van der Waals surface area contributed by atoms with Crippen molar-refractivity contribution in [1.29, 1.82) is 10.5 Å². The lowest BCUT2D eigenvalue weighted by Crippen LogP contribution is -2.64. The number of benzene rings is 1. The van der Waals surface area contributed by atoms with Crippen molar-refractivity contribution in [3.63, 3.8) is 0 Å². The van der Waals surface area contributed by atoms with Gasteiger partial charge in [0.15, 0.2) is 5.65 Å². The van der Waals surface area contributed by atoms with Crippen molar-refractivity contribution in [3.05, 3.63) is 34.5 Å². The molecule has 1 aliphatic carbocycles. The molecule has 1 aromatic carbocycles. The number of sulfonamides is 1. The average molecular weight is 568 g/mol. The van der Waals surface area contributed by atoms with E-state index in [0.29, 0.717) is 65.7 Å². The van der Waals surface area contributed by atoms with Crippen LogP contribution in [0.5, 0.6) is 0 Å². The SMILES string of the molecule is CS(=O)(=O)N1CC(N2CCN(c3cc(C#N)cc(Nc4nc(NC5CC5)n5ncc(C#N)c5n4)c3Cl)CC2)C1. The summed E-state index contributed by atoms with van der Waals surface area (Å²) in [7, 11) is -3.15. The van der Waals surface area contributed by atoms with Crippen molar-refractivity contribution < 1.29 is 8.42 Å². The highest BCUT2D eigenvalue weighted by atomic mass is 35.5. The Bertz CT molecular complexity index is 1630. The number of halogens is 1. The maximum atomic E-state index is 11.7. The summed E-state index contributed by atoms with van der Waals surface area (Å²) in [6.45, 7) is 3.92. The first kappa shape index (κ1) is 25.6. The highest BCUT2D eigenvalue weighted by molar-refractivity contribution is 7.88. The van der Waals surface area contributed by atoms with Crippen LogP contribution in [0.4, 0.5) is 23.3 Å². The molecule has 2 saturated heterocycles. The number of aromatic nitrogens is 4. The Balaban J connectivity index is 1.23. The predicted molar refractivity (Wildman–Crippen MR) is 146 cm³/mol. The van der Waals surface area contributed by atoms with Crippen LogP contribution in [0, 0.1) is 22.7 Å². The van der Waals surface area contributed by atoms with Crippen molar-refractivity contribution in [1.82, 2.24) is 28.8 Å². The first-order chi connectivity index (χ1) is 18.7. The van der Waals surface area contributed by atoms with E-state index in [1.165, 1.54) is 21.3 Å². The number of fused-ring (bicyclic) bond motifs is 1. The molecule has 0 unspecified atom stereocenters. The second-order valence-corrected chi connectivity index (χ2v) is 12.4. The molecule has 2 aromatic heterocycles. The first-order valence-corrected chi connectivity index (χ1v) is 14.8. The summed E-state index contributed by atoms with van der Waals surface area (Å²) in [6.07, 6.45) is 4.76. The number of hydrogen-bond acceptors (Lipinski definition) is 11. The molecule has 0 atom stereocenters. The van der Waals surface area contributed by atoms with Crippen LogP contribution in [0.25, 0.3) is 5.65 Å². The lowest BCUT2D eigenvalue weighted by atomic mass is 10.1. The van der Waals surface area contributed by atoms with Crippen LogP contribution >= 0.6 is 11.6 Å². The van der Waals surface area contributed by atoms with Crippen LogP contribution < -0.4 is 15.5 Å². The normalized spacial score (nSPS) is 18.9. The van der Waals surface area contributed by atoms with Gasteiger partial charge < -0.3 is 15.5 Å². The zero-order valence-electron chi connectivity index (χ0n) is 21.2. The molecule has 0 radical (unpaired) electrons. The van der Waals surface area contributed by atoms with E-state index in [1.807, 2.05) is 0 Å². The number of hydrogen-bond donors (Lipinski definition) is 2. The van der Waals surface area contributed by atoms with Crippen molar-refractivity contribution >= 4 is 50.5 Å². The molecule has 6 rings (SSSR count). The molecule has 3 fully saturated rings. The summed E-state index contributed by atoms with van der Waals surface area (Å²) >= 11 is 6.88. The molecule has 39 heavy (non-hydrogen) atoms. The van der Waals surface area contributed by atoms with E-state index in [4.69, 9.17) is 11.6 Å². The summed E-state index contributed by atoms with van der Waals surface area (Å²) in [5.74, 6) is 0.705. The molecule has 15 heteroatoms. The van der Waals surface area contributed by atoms with E-state index < -0.39 is 10.0 Å². The van der Waals surface area contributed by atoms with Crippen LogP contribution in [-0.4, -0.2) is 94.8 Å². The Kier molecular flexibility index (Phi) is 6.43. The second kappa shape index (κ2) is 9.81. The van der Waals surface area contributed by atoms with Crippen molar-refractivity contribution in [2.45, 2.75) is 24.9 Å². The zero-order valence-corrected chi connectivity index (χ0v) is 22.7. The Labute approximate surface area is 230 Å². The molecular weight excluding hydrogens is 542 g/mol. The standard InChI is InChI=1S/C24H26ClN11O2S/c1-39(37,38)35-13-18(14-35)33-4-6-34(7-5-33)20-9-15(10-26)8-19(21(20)25)30-23-31-22-16(11-27)12-28-36(22)24(32-23)29-17-2-3-17/h8-9,12,17-18H,2-7,13-14H2,1H3,(H2,29,30,31,32). The third kappa shape index (κ3) is 5.04. The number of anilines is 4. The Hall–Kier alpha value is -3.69. The van der Waals surface area contributed by atoms with Gasteiger partial charge in [-0.05, 0) is 25.0 Å². The minimum Gasteiger partial charge on any atom is -0.368 e. The molecule has 4 heterocycles. The summed E-state index contributed by atoms with van der Waals surface area (Å²) in [6, 6.07) is 8.25. The third-order valence-electron chi connectivity index (χ3n) is 7.30. The van der Waals surface area contributed by atoms with Gasteiger partial charge in [0.2, 0.25) is 21.9 Å². The lowest BCUT2D eigenvalue weighted by molar-refractivity contribution is 0.0833. The Morgan fingerprint density at radius 3 is 2.46 bits per heavy atom. The molecule has 0 amide bonds. The van der Waals surface area contributed by atoms with Crippen LogP contribution in [-0.2, 0) is 10.0 Å². The van der Waals surface area contributed by atoms with E-state index in [0.717, 1.165) is 31.6 Å². The summed E-state index contributed by atoms with van der Waals surface area (Å²) in [5, 5.41) is 30.4. The maximum Gasteiger partial charge on any atom is 0.232 e. The van der Waals surface area contributed by atoms with E-state index >= 15 is 0 Å². The number of nitrogens with zero attached hydrogens (tertiary/aromatic N) is 9. The van der Waals surface area contributed by atoms with Gasteiger partial charge >= 0.3 is 0 Å². The fraction of sp³-hybridized carbons (Fsp3) is 0.458. The molecule has 2 N–H and O–H groups in total. The second-order valence-electron chi connectivity index (χ2n) is 10.0. The third-order valence-corrected chi connectivity index (χ3v) is 8.93. The van der Waals surface area contributed by atoms with E-state index in [-0.39, 0.29) is 12.0 Å². The lowest BCUT2D eigenvalue weighted by Gasteiger charge is -2.47. The van der Waals surface area contributed by atoms with Gasteiger partial charge in [0.1, 0.15) is 11.6 Å². The number of piperazine rings is 1. The van der Waals surface area contributed by atoms with Gasteiger partial charge in [-0.15, -0.1) is 0 Å². The monoisotopic (exact) mass is 567 g/mol. The van der Waals surface area contributed by atoms with Crippen molar-refractivity contribution in [3.8, 4) is 12.1 Å². The number of nitriles is 2. The fourth-order valence-corrected chi connectivity index (χ4v) is 6.04. The van der Waals surface area contributed by atoms with Gasteiger partial charge in [0.25, 0.3) is 0 Å². The van der Waals surface area contributed by atoms with Gasteiger partial charge in [0, 0.05) is 51.4 Å². The molecular formula is C24H26ClN11O2S. The zero-order chi connectivity index (χ0) is 27.3. The Morgan fingerprint density at radius 2 is 1.82 bits per heavy atom. The molecule has 202 valence electrons. The minimum absolute atomic E-state index is 0.215. The van der Waals surface area contributed by atoms with E-state index in [1.54, 1.807) is 12.1 Å². The first-order valence-electron chi connectivity index (χ1n) is 12.6. The van der Waals surface area contributed by atoms with Gasteiger partial charge in [-0.1, -0.05) is 11.6 Å². The molecule has 1 saturated carbocycles. The van der Waals surface area contributed by atoms with Crippen molar-refractivity contribution in [2.24, 2.45) is 0 Å². The highest BCUT2D eigenvalue weighted by Crippen LogP contribution is 2.37. The van der Waals surface area contributed by atoms with Crippen LogP contribution in [0.1, 0.15) is 24.0 Å².